The van der Waals surface area contributed by atoms with Gasteiger partial charge < -0.3 is 5.73 Å². The number of aryl methyl sites for hydroxylation is 1. The number of carbonyl (C=O) groups is 1. The first-order valence-electron chi connectivity index (χ1n) is 3.68. The number of alkyl halides is 2. The van der Waals surface area contributed by atoms with Crippen LogP contribution in [0.5, 0.6) is 0 Å². The van der Waals surface area contributed by atoms with Crippen molar-refractivity contribution >= 4 is 28.5 Å². The number of carbonyl (C=O) groups excluding carboxylic acids is 1. The summed E-state index contributed by atoms with van der Waals surface area (Å²) >= 11 is 1.79. The molecular formula is C8H7F2IN2O. The van der Waals surface area contributed by atoms with Crippen molar-refractivity contribution in [1.29, 1.82) is 0 Å². The Balaban J connectivity index is 3.44. The van der Waals surface area contributed by atoms with E-state index in [0.29, 0.717) is 9.26 Å². The third-order valence-electron chi connectivity index (χ3n) is 1.58. The summed E-state index contributed by atoms with van der Waals surface area (Å²) < 4.78 is 25.3. The van der Waals surface area contributed by atoms with Crippen LogP contribution in [0.1, 0.15) is 28.2 Å². The predicted molar refractivity (Wildman–Crippen MR) is 55.2 cm³/mol. The van der Waals surface area contributed by atoms with E-state index < -0.39 is 18.0 Å². The quantitative estimate of drug-likeness (QED) is 0.850. The number of rotatable bonds is 2. The summed E-state index contributed by atoms with van der Waals surface area (Å²) in [5.74, 6) is -0.878. The zero-order valence-electron chi connectivity index (χ0n) is 7.22. The first kappa shape index (κ1) is 11.3. The third kappa shape index (κ3) is 2.17. The molecule has 14 heavy (non-hydrogen) atoms. The van der Waals surface area contributed by atoms with Crippen molar-refractivity contribution in [3.8, 4) is 0 Å². The molecule has 1 heterocycles. The standard InChI is InChI=1S/C8H7F2IN2O/c1-3-2-4(11)5(8(12)14)6(13-3)7(9)10/h2,7H,1H3,(H2,12,14). The van der Waals surface area contributed by atoms with Crippen LogP contribution in [0.25, 0.3) is 0 Å². The number of amides is 1. The van der Waals surface area contributed by atoms with Crippen molar-refractivity contribution in [3.05, 3.63) is 26.6 Å². The van der Waals surface area contributed by atoms with Crippen LogP contribution in [0.4, 0.5) is 8.78 Å². The van der Waals surface area contributed by atoms with Gasteiger partial charge in [0.1, 0.15) is 5.69 Å². The molecule has 0 aromatic carbocycles. The lowest BCUT2D eigenvalue weighted by Gasteiger charge is -2.08. The lowest BCUT2D eigenvalue weighted by Crippen LogP contribution is -2.17. The molecule has 6 heteroatoms. The van der Waals surface area contributed by atoms with Crippen LogP contribution in [-0.4, -0.2) is 10.9 Å². The topological polar surface area (TPSA) is 56.0 Å². The lowest BCUT2D eigenvalue weighted by atomic mass is 10.1. The number of hydrogen-bond acceptors (Lipinski definition) is 2. The largest absolute Gasteiger partial charge is 0.366 e. The molecule has 0 radical (unpaired) electrons. The summed E-state index contributed by atoms with van der Waals surface area (Å²) in [6.45, 7) is 1.58. The van der Waals surface area contributed by atoms with Gasteiger partial charge in [0.2, 0.25) is 0 Å². The highest BCUT2D eigenvalue weighted by molar-refractivity contribution is 14.1. The number of nitrogens with two attached hydrogens (primary N) is 1. The molecule has 0 bridgehead atoms. The highest BCUT2D eigenvalue weighted by atomic mass is 127. The summed E-state index contributed by atoms with van der Waals surface area (Å²) in [5, 5.41) is 0. The van der Waals surface area contributed by atoms with E-state index >= 15 is 0 Å². The van der Waals surface area contributed by atoms with Gasteiger partial charge in [0, 0.05) is 9.26 Å². The van der Waals surface area contributed by atoms with Gasteiger partial charge in [0.05, 0.1) is 5.56 Å². The SMILES string of the molecule is Cc1cc(I)c(C(N)=O)c(C(F)F)n1. The first-order valence-corrected chi connectivity index (χ1v) is 4.76. The lowest BCUT2D eigenvalue weighted by molar-refractivity contribution is 0.0981. The highest BCUT2D eigenvalue weighted by Crippen LogP contribution is 2.24. The molecule has 0 saturated heterocycles. The van der Waals surface area contributed by atoms with Crippen molar-refractivity contribution in [3.63, 3.8) is 0 Å². The van der Waals surface area contributed by atoms with Crippen LogP contribution in [0.2, 0.25) is 0 Å². The van der Waals surface area contributed by atoms with E-state index in [4.69, 9.17) is 5.73 Å². The maximum atomic E-state index is 12.5. The Kier molecular flexibility index (Phi) is 3.35. The molecule has 1 aromatic rings. The normalized spacial score (nSPS) is 10.6. The summed E-state index contributed by atoms with van der Waals surface area (Å²) in [6.07, 6.45) is -2.79. The molecule has 0 aliphatic heterocycles. The molecule has 0 aliphatic rings. The van der Waals surface area contributed by atoms with E-state index in [1.54, 1.807) is 29.5 Å². The van der Waals surface area contributed by atoms with Crippen LogP contribution in [0.3, 0.4) is 0 Å². The number of hydrogen-bond donors (Lipinski definition) is 1. The molecular weight excluding hydrogens is 305 g/mol. The second-order valence-corrected chi connectivity index (χ2v) is 3.83. The molecule has 76 valence electrons. The Morgan fingerprint density at radius 1 is 1.64 bits per heavy atom. The fraction of sp³-hybridized carbons (Fsp3) is 0.250. The summed E-state index contributed by atoms with van der Waals surface area (Å²) in [7, 11) is 0. The minimum Gasteiger partial charge on any atom is -0.366 e. The average Bonchev–Trinajstić information content (AvgIpc) is 2.01. The van der Waals surface area contributed by atoms with Crippen molar-refractivity contribution in [2.24, 2.45) is 5.73 Å². The van der Waals surface area contributed by atoms with Gasteiger partial charge in [0.15, 0.2) is 0 Å². The van der Waals surface area contributed by atoms with E-state index in [1.807, 2.05) is 0 Å². The molecule has 1 rings (SSSR count). The Hall–Kier alpha value is -0.790. The van der Waals surface area contributed by atoms with Gasteiger partial charge in [-0.1, -0.05) is 0 Å². The third-order valence-corrected chi connectivity index (χ3v) is 2.43. The number of nitrogens with zero attached hydrogens (tertiary/aromatic N) is 1. The van der Waals surface area contributed by atoms with Crippen LogP contribution in [-0.2, 0) is 0 Å². The zero-order valence-corrected chi connectivity index (χ0v) is 9.38. The molecule has 0 fully saturated rings. The molecule has 2 N–H and O–H groups in total. The Morgan fingerprint density at radius 3 is 2.64 bits per heavy atom. The molecule has 0 saturated carbocycles. The summed E-state index contributed by atoms with van der Waals surface area (Å²) in [5.41, 5.74) is 4.70. The summed E-state index contributed by atoms with van der Waals surface area (Å²) in [6, 6.07) is 1.53. The molecule has 1 amide bonds. The fourth-order valence-corrected chi connectivity index (χ4v) is 2.05. The van der Waals surface area contributed by atoms with Crippen molar-refractivity contribution in [2.75, 3.05) is 0 Å². The minimum atomic E-state index is -2.79. The van der Waals surface area contributed by atoms with Crippen molar-refractivity contribution in [1.82, 2.24) is 4.98 Å². The number of halogens is 3. The van der Waals surface area contributed by atoms with Crippen LogP contribution in [0.15, 0.2) is 6.07 Å². The van der Waals surface area contributed by atoms with Gasteiger partial charge >= 0.3 is 0 Å². The second-order valence-electron chi connectivity index (χ2n) is 2.67. The second kappa shape index (κ2) is 4.16. The molecule has 0 spiro atoms. The maximum Gasteiger partial charge on any atom is 0.281 e. The van der Waals surface area contributed by atoms with Crippen LogP contribution >= 0.6 is 22.6 Å². The first-order chi connectivity index (χ1) is 6.43. The van der Waals surface area contributed by atoms with Crippen molar-refractivity contribution in [2.45, 2.75) is 13.3 Å². The molecule has 0 atom stereocenters. The predicted octanol–water partition coefficient (Wildman–Crippen LogP) is 2.03. The molecule has 0 aliphatic carbocycles. The zero-order chi connectivity index (χ0) is 10.9. The number of primary amides is 1. The average molecular weight is 312 g/mol. The Morgan fingerprint density at radius 2 is 2.21 bits per heavy atom. The van der Waals surface area contributed by atoms with Gasteiger partial charge in [-0.3, -0.25) is 9.78 Å². The fourth-order valence-electron chi connectivity index (χ4n) is 1.06. The van der Waals surface area contributed by atoms with Gasteiger partial charge in [-0.25, -0.2) is 8.78 Å². The molecule has 1 aromatic heterocycles. The summed E-state index contributed by atoms with van der Waals surface area (Å²) in [4.78, 5) is 14.5. The van der Waals surface area contributed by atoms with Crippen LogP contribution in [0, 0.1) is 10.5 Å². The Bertz CT molecular complexity index is 382. The van der Waals surface area contributed by atoms with Crippen molar-refractivity contribution < 1.29 is 13.6 Å². The van der Waals surface area contributed by atoms with E-state index in [2.05, 4.69) is 4.98 Å². The van der Waals surface area contributed by atoms with E-state index in [0.717, 1.165) is 0 Å². The number of pyridine rings is 1. The van der Waals surface area contributed by atoms with Crippen LogP contribution < -0.4 is 5.73 Å². The van der Waals surface area contributed by atoms with E-state index in [-0.39, 0.29) is 5.56 Å². The Labute approximate surface area is 92.8 Å². The molecule has 3 nitrogen and oxygen atoms in total. The van der Waals surface area contributed by atoms with Gasteiger partial charge in [-0.15, -0.1) is 0 Å². The van der Waals surface area contributed by atoms with Gasteiger partial charge in [0.25, 0.3) is 12.3 Å². The van der Waals surface area contributed by atoms with Gasteiger partial charge in [-0.05, 0) is 35.6 Å². The minimum absolute atomic E-state index is 0.189. The molecule has 0 unspecified atom stereocenters. The van der Waals surface area contributed by atoms with E-state index in [1.165, 1.54) is 6.07 Å². The van der Waals surface area contributed by atoms with Gasteiger partial charge in [-0.2, -0.15) is 0 Å². The number of aromatic nitrogens is 1. The smallest absolute Gasteiger partial charge is 0.281 e. The monoisotopic (exact) mass is 312 g/mol. The highest BCUT2D eigenvalue weighted by Gasteiger charge is 2.21. The van der Waals surface area contributed by atoms with E-state index in [9.17, 15) is 13.6 Å². The maximum absolute atomic E-state index is 12.5.